The van der Waals surface area contributed by atoms with Gasteiger partial charge in [-0.25, -0.2) is 9.78 Å². The molecule has 2 aliphatic heterocycles. The summed E-state index contributed by atoms with van der Waals surface area (Å²) < 4.78 is 2.02. The predicted octanol–water partition coefficient (Wildman–Crippen LogP) is 1.54. The van der Waals surface area contributed by atoms with E-state index in [1.165, 1.54) is 4.90 Å². The molecule has 3 heterocycles. The number of carbonyl (C=O) groups is 2. The number of aryl methyl sites for hydroxylation is 1. The van der Waals surface area contributed by atoms with E-state index in [2.05, 4.69) is 29.5 Å². The number of nitrogens with zero attached hydrogens (tertiary/aromatic N) is 3. The fourth-order valence-corrected chi connectivity index (χ4v) is 4.27. The first kappa shape index (κ1) is 17.9. The number of urea groups is 1. The Bertz CT molecular complexity index is 623. The highest BCUT2D eigenvalue weighted by Crippen LogP contribution is 2.35. The number of carbonyl (C=O) groups excluding carboxylic acids is 2. The summed E-state index contributed by atoms with van der Waals surface area (Å²) in [6, 6.07) is -0.241. The standard InChI is InChI=1S/C18H29N5O2/c1-3-7-18(14-5-8-19-9-6-14)16(24)23(17(25)21-18)13-12-22-11-10-20-15(22)4-2/h10-11,14,19H,3-9,12-13H2,1-2H3,(H,21,25). The molecular formula is C18H29N5O2. The maximum Gasteiger partial charge on any atom is 0.325 e. The van der Waals surface area contributed by atoms with Crippen LogP contribution in [0.4, 0.5) is 4.79 Å². The maximum atomic E-state index is 13.2. The van der Waals surface area contributed by atoms with E-state index in [0.29, 0.717) is 19.5 Å². The molecule has 1 aromatic heterocycles. The highest BCUT2D eigenvalue weighted by Gasteiger charge is 2.54. The molecule has 2 saturated heterocycles. The van der Waals surface area contributed by atoms with Gasteiger partial charge in [0.25, 0.3) is 5.91 Å². The lowest BCUT2D eigenvalue weighted by atomic mass is 9.75. The monoisotopic (exact) mass is 347 g/mol. The Balaban J connectivity index is 1.75. The summed E-state index contributed by atoms with van der Waals surface area (Å²) in [6.07, 6.45) is 7.96. The predicted molar refractivity (Wildman–Crippen MR) is 95.1 cm³/mol. The number of imide groups is 1. The van der Waals surface area contributed by atoms with Crippen molar-refractivity contribution in [3.8, 4) is 0 Å². The van der Waals surface area contributed by atoms with E-state index in [-0.39, 0.29) is 17.9 Å². The smallest absolute Gasteiger partial charge is 0.325 e. The van der Waals surface area contributed by atoms with Crippen molar-refractivity contribution < 1.29 is 9.59 Å². The summed E-state index contributed by atoms with van der Waals surface area (Å²) in [5.74, 6) is 1.16. The van der Waals surface area contributed by atoms with Crippen molar-refractivity contribution in [1.82, 2.24) is 25.1 Å². The second-order valence-electron chi connectivity index (χ2n) is 7.02. The Morgan fingerprint density at radius 2 is 2.00 bits per heavy atom. The molecule has 0 saturated carbocycles. The minimum atomic E-state index is -0.712. The first-order valence-electron chi connectivity index (χ1n) is 9.47. The fraction of sp³-hybridized carbons (Fsp3) is 0.722. The summed E-state index contributed by atoms with van der Waals surface area (Å²) in [5, 5.41) is 6.42. The molecule has 7 nitrogen and oxygen atoms in total. The zero-order valence-corrected chi connectivity index (χ0v) is 15.3. The zero-order chi connectivity index (χ0) is 17.9. The van der Waals surface area contributed by atoms with Crippen LogP contribution < -0.4 is 10.6 Å². The van der Waals surface area contributed by atoms with E-state index in [0.717, 1.165) is 44.6 Å². The van der Waals surface area contributed by atoms with Crippen LogP contribution in [0.2, 0.25) is 0 Å². The van der Waals surface area contributed by atoms with Gasteiger partial charge in [-0.15, -0.1) is 0 Å². The third kappa shape index (κ3) is 3.29. The topological polar surface area (TPSA) is 79.3 Å². The van der Waals surface area contributed by atoms with E-state index < -0.39 is 5.54 Å². The third-order valence-corrected chi connectivity index (χ3v) is 5.56. The summed E-state index contributed by atoms with van der Waals surface area (Å²) in [7, 11) is 0. The van der Waals surface area contributed by atoms with E-state index in [1.54, 1.807) is 6.20 Å². The lowest BCUT2D eigenvalue weighted by molar-refractivity contribution is -0.134. The minimum Gasteiger partial charge on any atom is -0.333 e. The number of hydrogen-bond acceptors (Lipinski definition) is 4. The molecule has 2 aliphatic rings. The summed E-state index contributed by atoms with van der Waals surface area (Å²) in [5.41, 5.74) is -0.712. The summed E-state index contributed by atoms with van der Waals surface area (Å²) in [6.45, 7) is 6.93. The molecule has 0 radical (unpaired) electrons. The lowest BCUT2D eigenvalue weighted by Gasteiger charge is -2.37. The molecule has 0 bridgehead atoms. The first-order valence-corrected chi connectivity index (χ1v) is 9.47. The van der Waals surface area contributed by atoms with E-state index >= 15 is 0 Å². The summed E-state index contributed by atoms with van der Waals surface area (Å²) >= 11 is 0. The Labute approximate surface area is 149 Å². The molecule has 3 amide bonds. The Morgan fingerprint density at radius 1 is 1.24 bits per heavy atom. The van der Waals surface area contributed by atoms with Crippen LogP contribution in [0.5, 0.6) is 0 Å². The third-order valence-electron chi connectivity index (χ3n) is 5.56. The molecule has 2 fully saturated rings. The van der Waals surface area contributed by atoms with Crippen LogP contribution in [0.15, 0.2) is 12.4 Å². The van der Waals surface area contributed by atoms with Crippen molar-refractivity contribution >= 4 is 11.9 Å². The SMILES string of the molecule is CCCC1(C2CCNCC2)NC(=O)N(CCn2ccnc2CC)C1=O. The molecule has 1 unspecified atom stereocenters. The van der Waals surface area contributed by atoms with Gasteiger partial charge in [-0.05, 0) is 38.3 Å². The highest BCUT2D eigenvalue weighted by atomic mass is 16.2. The number of rotatable bonds is 7. The van der Waals surface area contributed by atoms with Gasteiger partial charge in [0, 0.05) is 31.9 Å². The van der Waals surface area contributed by atoms with Gasteiger partial charge in [0.2, 0.25) is 0 Å². The zero-order valence-electron chi connectivity index (χ0n) is 15.3. The molecule has 1 atom stereocenters. The number of hydrogen-bond donors (Lipinski definition) is 2. The first-order chi connectivity index (χ1) is 12.1. The number of imidazole rings is 1. The minimum absolute atomic E-state index is 0.0376. The van der Waals surface area contributed by atoms with Crippen LogP contribution in [-0.4, -0.2) is 51.6 Å². The van der Waals surface area contributed by atoms with E-state index in [9.17, 15) is 9.59 Å². The van der Waals surface area contributed by atoms with Crippen LogP contribution in [0, 0.1) is 5.92 Å². The fourth-order valence-electron chi connectivity index (χ4n) is 4.27. The van der Waals surface area contributed by atoms with Gasteiger partial charge < -0.3 is 15.2 Å². The van der Waals surface area contributed by atoms with Crippen molar-refractivity contribution in [1.29, 1.82) is 0 Å². The quantitative estimate of drug-likeness (QED) is 0.733. The Kier molecular flexibility index (Phi) is 5.42. The van der Waals surface area contributed by atoms with Gasteiger partial charge in [0.05, 0.1) is 0 Å². The van der Waals surface area contributed by atoms with Crippen LogP contribution in [0.1, 0.15) is 45.4 Å². The average Bonchev–Trinajstić information content (AvgIpc) is 3.18. The van der Waals surface area contributed by atoms with Gasteiger partial charge in [0.15, 0.2) is 0 Å². The van der Waals surface area contributed by atoms with E-state index in [1.807, 2.05) is 10.8 Å². The largest absolute Gasteiger partial charge is 0.333 e. The van der Waals surface area contributed by atoms with Crippen molar-refractivity contribution in [2.45, 2.75) is 58.0 Å². The molecular weight excluding hydrogens is 318 g/mol. The number of amides is 3. The highest BCUT2D eigenvalue weighted by molar-refractivity contribution is 6.07. The van der Waals surface area contributed by atoms with Gasteiger partial charge >= 0.3 is 6.03 Å². The van der Waals surface area contributed by atoms with Gasteiger partial charge in [-0.3, -0.25) is 9.69 Å². The van der Waals surface area contributed by atoms with Crippen LogP contribution in [0.3, 0.4) is 0 Å². The molecule has 0 spiro atoms. The maximum absolute atomic E-state index is 13.2. The lowest BCUT2D eigenvalue weighted by Crippen LogP contribution is -2.55. The summed E-state index contributed by atoms with van der Waals surface area (Å²) in [4.78, 5) is 31.5. The van der Waals surface area contributed by atoms with Gasteiger partial charge in [0.1, 0.15) is 11.4 Å². The molecule has 7 heteroatoms. The van der Waals surface area contributed by atoms with Crippen molar-refractivity contribution in [3.05, 3.63) is 18.2 Å². The number of aromatic nitrogens is 2. The average molecular weight is 347 g/mol. The van der Waals surface area contributed by atoms with Crippen molar-refractivity contribution in [3.63, 3.8) is 0 Å². The van der Waals surface area contributed by atoms with Crippen LogP contribution >= 0.6 is 0 Å². The number of piperidine rings is 1. The van der Waals surface area contributed by atoms with E-state index in [4.69, 9.17) is 0 Å². The molecule has 1 aromatic rings. The second kappa shape index (κ2) is 7.56. The molecule has 25 heavy (non-hydrogen) atoms. The normalized spacial score (nSPS) is 24.8. The molecule has 2 N–H and O–H groups in total. The van der Waals surface area contributed by atoms with Crippen LogP contribution in [-0.2, 0) is 17.8 Å². The second-order valence-corrected chi connectivity index (χ2v) is 7.02. The molecule has 0 aromatic carbocycles. The van der Waals surface area contributed by atoms with Crippen molar-refractivity contribution in [2.75, 3.05) is 19.6 Å². The van der Waals surface area contributed by atoms with Crippen molar-refractivity contribution in [2.24, 2.45) is 5.92 Å². The Morgan fingerprint density at radius 3 is 2.68 bits per heavy atom. The molecule has 3 rings (SSSR count). The molecule has 0 aliphatic carbocycles. The van der Waals surface area contributed by atoms with Gasteiger partial charge in [-0.2, -0.15) is 0 Å². The number of nitrogens with one attached hydrogen (secondary N) is 2. The Hall–Kier alpha value is -1.89. The molecule has 138 valence electrons. The van der Waals surface area contributed by atoms with Crippen LogP contribution in [0.25, 0.3) is 0 Å². The van der Waals surface area contributed by atoms with Gasteiger partial charge in [-0.1, -0.05) is 20.3 Å².